The van der Waals surface area contributed by atoms with Crippen LogP contribution in [-0.4, -0.2) is 59.0 Å². The lowest BCUT2D eigenvalue weighted by molar-refractivity contribution is -0.139. The van der Waals surface area contributed by atoms with Crippen LogP contribution in [0.3, 0.4) is 0 Å². The first kappa shape index (κ1) is 30.8. The molecule has 4 aromatic rings. The number of fused-ring (bicyclic) bond motifs is 1. The lowest BCUT2D eigenvalue weighted by Crippen LogP contribution is -2.67. The molecule has 0 bridgehead atoms. The van der Waals surface area contributed by atoms with Gasteiger partial charge < -0.3 is 15.5 Å². The molecule has 228 valence electrons. The van der Waals surface area contributed by atoms with Crippen LogP contribution in [0.25, 0.3) is 5.57 Å². The highest BCUT2D eigenvalue weighted by Gasteiger charge is 2.62. The van der Waals surface area contributed by atoms with Crippen molar-refractivity contribution >= 4 is 80.8 Å². The number of carboxylic acids is 2. The van der Waals surface area contributed by atoms with E-state index in [0.29, 0.717) is 5.69 Å². The number of aryl methyl sites for hydroxylation is 1. The number of β-lactam (4-membered cyclic amide) rings is 1. The molecule has 1 unspecified atom stereocenters. The number of carbonyl (C=O) groups excluding carboxylic acids is 2. The van der Waals surface area contributed by atoms with Gasteiger partial charge in [-0.1, -0.05) is 90.7 Å². The van der Waals surface area contributed by atoms with E-state index in [1.165, 1.54) is 28.0 Å². The van der Waals surface area contributed by atoms with E-state index in [4.69, 9.17) is 17.2 Å². The highest BCUT2D eigenvalue weighted by molar-refractivity contribution is 8.04. The number of thiocarbonyl (C=S) groups is 1. The minimum atomic E-state index is -1.52. The Morgan fingerprint density at radius 3 is 2.22 bits per heavy atom. The van der Waals surface area contributed by atoms with Gasteiger partial charge in [0.15, 0.2) is 0 Å². The van der Waals surface area contributed by atoms with Gasteiger partial charge in [-0.15, -0.1) is 22.7 Å². The molecule has 6 rings (SSSR count). The molecule has 45 heavy (non-hydrogen) atoms. The average molecular weight is 676 g/mol. The van der Waals surface area contributed by atoms with Gasteiger partial charge in [0.2, 0.25) is 5.91 Å². The van der Waals surface area contributed by atoms with Crippen LogP contribution in [0.15, 0.2) is 89.3 Å². The zero-order valence-corrected chi connectivity index (χ0v) is 26.7. The van der Waals surface area contributed by atoms with Crippen LogP contribution in [0.4, 0.5) is 0 Å². The monoisotopic (exact) mass is 675 g/mol. The number of carbonyl (C=O) groups is 4. The minimum Gasteiger partial charge on any atom is -0.481 e. The number of rotatable bonds is 11. The molecule has 13 heteroatoms. The van der Waals surface area contributed by atoms with Gasteiger partial charge in [-0.25, -0.2) is 9.78 Å². The molecule has 1 fully saturated rings. The second-order valence-electron chi connectivity index (χ2n) is 10.4. The van der Waals surface area contributed by atoms with Gasteiger partial charge in [0.1, 0.15) is 25.8 Å². The van der Waals surface area contributed by atoms with Crippen molar-refractivity contribution in [2.75, 3.05) is 0 Å². The first-order chi connectivity index (χ1) is 21.7. The van der Waals surface area contributed by atoms with Crippen molar-refractivity contribution < 1.29 is 29.4 Å². The van der Waals surface area contributed by atoms with E-state index in [0.717, 1.165) is 27.3 Å². The maximum absolute atomic E-state index is 14.1. The molecule has 0 aliphatic carbocycles. The molecule has 2 amide bonds. The van der Waals surface area contributed by atoms with Gasteiger partial charge in [-0.3, -0.25) is 19.3 Å². The van der Waals surface area contributed by atoms with Gasteiger partial charge >= 0.3 is 11.9 Å². The first-order valence-corrected chi connectivity index (χ1v) is 16.9. The summed E-state index contributed by atoms with van der Waals surface area (Å²) in [4.78, 5) is 57.0. The van der Waals surface area contributed by atoms with E-state index in [9.17, 15) is 29.4 Å². The Labute approximate surface area is 275 Å². The normalized spacial score (nSPS) is 19.3. The Balaban J connectivity index is 1.65. The van der Waals surface area contributed by atoms with Gasteiger partial charge in [-0.05, 0) is 22.6 Å². The van der Waals surface area contributed by atoms with Gasteiger partial charge in [-0.2, -0.15) is 0 Å². The number of hydrogen-bond donors (Lipinski definition) is 3. The lowest BCUT2D eigenvalue weighted by Gasteiger charge is -2.54. The summed E-state index contributed by atoms with van der Waals surface area (Å²) in [5.74, 6) is -3.96. The van der Waals surface area contributed by atoms with Crippen molar-refractivity contribution in [3.63, 3.8) is 0 Å². The second kappa shape index (κ2) is 12.7. The summed E-state index contributed by atoms with van der Waals surface area (Å²) in [5.41, 5.74) is 1.88. The summed E-state index contributed by atoms with van der Waals surface area (Å²) in [5, 5.41) is 26.3. The third-order valence-corrected chi connectivity index (χ3v) is 11.4. The molecule has 2 atom stereocenters. The maximum Gasteiger partial charge on any atom is 0.353 e. The topological polar surface area (TPSA) is 137 Å². The molecule has 2 aromatic carbocycles. The molecule has 9 nitrogen and oxygen atoms in total. The highest BCUT2D eigenvalue weighted by atomic mass is 32.2. The van der Waals surface area contributed by atoms with E-state index in [1.54, 1.807) is 5.38 Å². The Kier molecular flexibility index (Phi) is 8.69. The minimum absolute atomic E-state index is 0.0471. The largest absolute Gasteiger partial charge is 0.481 e. The van der Waals surface area contributed by atoms with E-state index in [1.807, 2.05) is 78.2 Å². The number of aliphatic carboxylic acids is 2. The van der Waals surface area contributed by atoms with E-state index >= 15 is 0 Å². The predicted octanol–water partition coefficient (Wildman–Crippen LogP) is 5.19. The molecule has 0 saturated carbocycles. The Hall–Kier alpha value is -4.17. The van der Waals surface area contributed by atoms with Gasteiger partial charge in [0.05, 0.1) is 24.1 Å². The van der Waals surface area contributed by atoms with E-state index in [-0.39, 0.29) is 46.3 Å². The molecule has 2 aliphatic rings. The molecule has 2 aliphatic heterocycles. The summed E-state index contributed by atoms with van der Waals surface area (Å²) in [6.45, 7) is 0. The molecule has 2 aromatic heterocycles. The van der Waals surface area contributed by atoms with Gasteiger partial charge in [0.25, 0.3) is 5.91 Å². The summed E-state index contributed by atoms with van der Waals surface area (Å²) < 4.78 is 0. The highest BCUT2D eigenvalue weighted by Crippen LogP contribution is 2.59. The number of nitrogens with one attached hydrogen (secondary N) is 1. The van der Waals surface area contributed by atoms with E-state index in [2.05, 4.69) is 5.32 Å². The molecule has 3 N–H and O–H groups in total. The Morgan fingerprint density at radius 2 is 1.64 bits per heavy atom. The maximum atomic E-state index is 14.1. The summed E-state index contributed by atoms with van der Waals surface area (Å²) in [6.07, 6.45) is 0.0110. The number of thiazole rings is 1. The molecular formula is C32H25N3O6S4. The first-order valence-electron chi connectivity index (χ1n) is 13.8. The number of benzene rings is 2. The van der Waals surface area contributed by atoms with Crippen LogP contribution in [0, 0.1) is 0 Å². The van der Waals surface area contributed by atoms with Crippen LogP contribution < -0.4 is 5.32 Å². The number of nitrogens with zero attached hydrogens (tertiary/aromatic N) is 2. The molecule has 4 heterocycles. The van der Waals surface area contributed by atoms with Crippen LogP contribution in [-0.2, 0) is 32.0 Å². The Morgan fingerprint density at radius 1 is 0.978 bits per heavy atom. The molecule has 0 radical (unpaired) electrons. The third-order valence-electron chi connectivity index (χ3n) is 7.51. The van der Waals surface area contributed by atoms with Crippen molar-refractivity contribution in [2.45, 2.75) is 35.4 Å². The summed E-state index contributed by atoms with van der Waals surface area (Å²) in [7, 11) is 0. The van der Waals surface area contributed by atoms with Crippen LogP contribution in [0.1, 0.15) is 39.0 Å². The van der Waals surface area contributed by atoms with E-state index < -0.39 is 34.0 Å². The number of amides is 2. The van der Waals surface area contributed by atoms with Gasteiger partial charge in [0, 0.05) is 22.6 Å². The number of thiophene rings is 1. The summed E-state index contributed by atoms with van der Waals surface area (Å²) >= 11 is 9.28. The smallest absolute Gasteiger partial charge is 0.353 e. The SMILES string of the molecule is O=C(O)CCc1csc(C2=C(C(=O)O)N3C(=O)C(=S)[C@@H]3SC2(NC(=O)Cc2cccs2)C(c2ccccc2)c2ccccc2)n1. The lowest BCUT2D eigenvalue weighted by atomic mass is 9.79. The fourth-order valence-electron chi connectivity index (χ4n) is 5.63. The number of thioether (sulfide) groups is 1. The number of carboxylic acid groups (broad SMARTS) is 2. The number of hydrogen-bond acceptors (Lipinski definition) is 9. The quantitative estimate of drug-likeness (QED) is 0.145. The van der Waals surface area contributed by atoms with Crippen molar-refractivity contribution in [3.8, 4) is 0 Å². The predicted molar refractivity (Wildman–Crippen MR) is 177 cm³/mol. The Bertz CT molecular complexity index is 1780. The fraction of sp³-hybridized carbons (Fsp3) is 0.188. The van der Waals surface area contributed by atoms with Crippen molar-refractivity contribution in [3.05, 3.63) is 116 Å². The van der Waals surface area contributed by atoms with Crippen molar-refractivity contribution in [2.24, 2.45) is 0 Å². The van der Waals surface area contributed by atoms with Crippen LogP contribution >= 0.6 is 46.7 Å². The zero-order valence-electron chi connectivity index (χ0n) is 23.4. The van der Waals surface area contributed by atoms with Crippen LogP contribution in [0.5, 0.6) is 0 Å². The zero-order chi connectivity index (χ0) is 31.7. The second-order valence-corrected chi connectivity index (χ2v) is 14.0. The third kappa shape index (κ3) is 5.84. The average Bonchev–Trinajstić information content (AvgIpc) is 3.72. The summed E-state index contributed by atoms with van der Waals surface area (Å²) in [6, 6.07) is 22.6. The van der Waals surface area contributed by atoms with Crippen molar-refractivity contribution in [1.82, 2.24) is 15.2 Å². The molecule has 0 spiro atoms. The standard InChI is InChI=1S/C32H25N3O6S4/c36-22(16-21-12-7-15-43-21)34-32(24(18-8-3-1-4-9-18)19-10-5-2-6-11-19)25(28-33-20(17-44-28)13-14-23(37)38)26(31(40)41)35-29(39)27(42)30(35)45-32/h1-12,15,17,24,30H,13-14,16H2,(H,34,36)(H,37,38)(H,40,41)/t30-,32?/m0/s1. The molecule has 1 saturated heterocycles. The van der Waals surface area contributed by atoms with Crippen LogP contribution in [0.2, 0.25) is 0 Å². The fourth-order valence-corrected chi connectivity index (χ4v) is 9.47. The van der Waals surface area contributed by atoms with Crippen molar-refractivity contribution in [1.29, 1.82) is 0 Å². The number of aromatic nitrogens is 1. The molecular weight excluding hydrogens is 651 g/mol.